The topological polar surface area (TPSA) is 39.1 Å². The number of likely N-dealkylation sites (tertiary alicyclic amines) is 1. The van der Waals surface area contributed by atoms with Crippen molar-refractivity contribution in [2.24, 2.45) is 5.92 Å². The van der Waals surface area contributed by atoms with Crippen LogP contribution in [0.15, 0.2) is 0 Å². The fourth-order valence-electron chi connectivity index (χ4n) is 2.00. The quantitative estimate of drug-likeness (QED) is 0.717. The van der Waals surface area contributed by atoms with Gasteiger partial charge in [0.2, 0.25) is 0 Å². The maximum absolute atomic E-state index is 8.60. The summed E-state index contributed by atoms with van der Waals surface area (Å²) in [7, 11) is 2.17. The lowest BCUT2D eigenvalue weighted by atomic mass is 10.1. The molecule has 1 fully saturated rings. The van der Waals surface area contributed by atoms with Crippen LogP contribution in [0.2, 0.25) is 0 Å². The molecule has 0 aromatic heterocycles. The van der Waals surface area contributed by atoms with Crippen LogP contribution in [0, 0.1) is 17.2 Å². The standard InChI is InChI=1S/C11H21N3/c1-3-11(4-6-12)13-8-10-5-7-14(2)9-10/h10-11,13H,3-5,7-9H2,1-2H3. The third-order valence-corrected chi connectivity index (χ3v) is 3.01. The summed E-state index contributed by atoms with van der Waals surface area (Å²) in [4.78, 5) is 2.37. The van der Waals surface area contributed by atoms with Gasteiger partial charge in [-0.3, -0.25) is 0 Å². The zero-order valence-corrected chi connectivity index (χ0v) is 9.29. The van der Waals surface area contributed by atoms with Crippen molar-refractivity contribution in [3.05, 3.63) is 0 Å². The largest absolute Gasteiger partial charge is 0.313 e. The van der Waals surface area contributed by atoms with E-state index in [1.54, 1.807) is 0 Å². The molecule has 1 aliphatic heterocycles. The van der Waals surface area contributed by atoms with E-state index in [0.29, 0.717) is 12.5 Å². The molecule has 1 heterocycles. The van der Waals surface area contributed by atoms with Crippen molar-refractivity contribution < 1.29 is 0 Å². The normalized spacial score (nSPS) is 24.8. The summed E-state index contributed by atoms with van der Waals surface area (Å²) in [6.07, 6.45) is 2.99. The maximum atomic E-state index is 8.60. The van der Waals surface area contributed by atoms with E-state index in [1.807, 2.05) is 0 Å². The lowest BCUT2D eigenvalue weighted by Crippen LogP contribution is -2.33. The molecule has 80 valence electrons. The van der Waals surface area contributed by atoms with Crippen molar-refractivity contribution in [3.8, 4) is 6.07 Å². The van der Waals surface area contributed by atoms with Crippen LogP contribution >= 0.6 is 0 Å². The highest BCUT2D eigenvalue weighted by molar-refractivity contribution is 4.82. The molecule has 1 saturated heterocycles. The van der Waals surface area contributed by atoms with Gasteiger partial charge in [0.15, 0.2) is 0 Å². The van der Waals surface area contributed by atoms with E-state index in [9.17, 15) is 0 Å². The Morgan fingerprint density at radius 3 is 2.93 bits per heavy atom. The molecule has 0 amide bonds. The minimum Gasteiger partial charge on any atom is -0.313 e. The van der Waals surface area contributed by atoms with E-state index >= 15 is 0 Å². The number of hydrogen-bond acceptors (Lipinski definition) is 3. The fraction of sp³-hybridized carbons (Fsp3) is 0.909. The summed E-state index contributed by atoms with van der Waals surface area (Å²) >= 11 is 0. The first-order valence-corrected chi connectivity index (χ1v) is 5.55. The van der Waals surface area contributed by atoms with Crippen molar-refractivity contribution in [1.82, 2.24) is 10.2 Å². The Bertz CT molecular complexity index is 197. The van der Waals surface area contributed by atoms with Crippen molar-refractivity contribution >= 4 is 0 Å². The molecule has 3 heteroatoms. The molecule has 0 radical (unpaired) electrons. The molecule has 1 rings (SSSR count). The smallest absolute Gasteiger partial charge is 0.0638 e. The van der Waals surface area contributed by atoms with Crippen LogP contribution in [-0.2, 0) is 0 Å². The first-order valence-electron chi connectivity index (χ1n) is 5.55. The molecule has 0 saturated carbocycles. The summed E-state index contributed by atoms with van der Waals surface area (Å²) in [6, 6.07) is 2.62. The number of nitrogens with one attached hydrogen (secondary N) is 1. The van der Waals surface area contributed by atoms with Crippen molar-refractivity contribution in [2.45, 2.75) is 32.2 Å². The molecule has 3 nitrogen and oxygen atoms in total. The predicted octanol–water partition coefficient (Wildman–Crippen LogP) is 1.22. The molecule has 2 unspecified atom stereocenters. The minimum atomic E-state index is 0.394. The van der Waals surface area contributed by atoms with Gasteiger partial charge in [0, 0.05) is 12.6 Å². The average Bonchev–Trinajstić information content (AvgIpc) is 2.59. The van der Waals surface area contributed by atoms with E-state index in [2.05, 4.69) is 30.3 Å². The highest BCUT2D eigenvalue weighted by atomic mass is 15.1. The molecule has 0 bridgehead atoms. The molecule has 14 heavy (non-hydrogen) atoms. The molecule has 0 aliphatic carbocycles. The van der Waals surface area contributed by atoms with Crippen LogP contribution < -0.4 is 5.32 Å². The number of nitrogens with zero attached hydrogens (tertiary/aromatic N) is 2. The van der Waals surface area contributed by atoms with Gasteiger partial charge in [0.05, 0.1) is 12.5 Å². The Hall–Kier alpha value is -0.590. The first-order chi connectivity index (χ1) is 6.76. The predicted molar refractivity (Wildman–Crippen MR) is 57.9 cm³/mol. The van der Waals surface area contributed by atoms with Crippen LogP contribution in [0.1, 0.15) is 26.2 Å². The Morgan fingerprint density at radius 2 is 2.43 bits per heavy atom. The zero-order valence-electron chi connectivity index (χ0n) is 9.29. The molecular weight excluding hydrogens is 174 g/mol. The second kappa shape index (κ2) is 6.00. The summed E-state index contributed by atoms with van der Waals surface area (Å²) in [6.45, 7) is 5.64. The van der Waals surface area contributed by atoms with Crippen LogP contribution in [0.3, 0.4) is 0 Å². The molecular formula is C11H21N3. The van der Waals surface area contributed by atoms with Crippen molar-refractivity contribution in [1.29, 1.82) is 5.26 Å². The van der Waals surface area contributed by atoms with Gasteiger partial charge in [-0.2, -0.15) is 5.26 Å². The first kappa shape index (κ1) is 11.5. The lowest BCUT2D eigenvalue weighted by molar-refractivity contribution is 0.376. The van der Waals surface area contributed by atoms with E-state index < -0.39 is 0 Å². The highest BCUT2D eigenvalue weighted by Crippen LogP contribution is 2.13. The Labute approximate surface area is 87.1 Å². The molecule has 1 N–H and O–H groups in total. The molecule has 2 atom stereocenters. The number of nitriles is 1. The Morgan fingerprint density at radius 1 is 1.64 bits per heavy atom. The second-order valence-electron chi connectivity index (χ2n) is 4.29. The minimum absolute atomic E-state index is 0.394. The summed E-state index contributed by atoms with van der Waals surface area (Å²) in [5.74, 6) is 0.785. The van der Waals surface area contributed by atoms with Gasteiger partial charge >= 0.3 is 0 Å². The Kier molecular flexibility index (Phi) is 4.92. The summed E-state index contributed by atoms with van der Waals surface area (Å²) in [5, 5.41) is 12.1. The molecule has 1 aliphatic rings. The Balaban J connectivity index is 2.15. The third kappa shape index (κ3) is 3.65. The molecule has 0 aromatic carbocycles. The van der Waals surface area contributed by atoms with Gasteiger partial charge in [0.25, 0.3) is 0 Å². The number of rotatable bonds is 5. The van der Waals surface area contributed by atoms with Crippen LogP contribution in [0.4, 0.5) is 0 Å². The van der Waals surface area contributed by atoms with Crippen LogP contribution in [0.5, 0.6) is 0 Å². The van der Waals surface area contributed by atoms with E-state index in [0.717, 1.165) is 18.9 Å². The van der Waals surface area contributed by atoms with E-state index in [4.69, 9.17) is 5.26 Å². The second-order valence-corrected chi connectivity index (χ2v) is 4.29. The van der Waals surface area contributed by atoms with Gasteiger partial charge in [-0.1, -0.05) is 6.92 Å². The monoisotopic (exact) mass is 195 g/mol. The summed E-state index contributed by atoms with van der Waals surface area (Å²) in [5.41, 5.74) is 0. The molecule has 0 aromatic rings. The van der Waals surface area contributed by atoms with Gasteiger partial charge in [-0.15, -0.1) is 0 Å². The lowest BCUT2D eigenvalue weighted by Gasteiger charge is -2.17. The van der Waals surface area contributed by atoms with Crippen LogP contribution in [0.25, 0.3) is 0 Å². The van der Waals surface area contributed by atoms with E-state index in [1.165, 1.54) is 19.5 Å². The SMILES string of the molecule is CCC(CC#N)NCC1CCN(C)C1. The molecule has 0 spiro atoms. The van der Waals surface area contributed by atoms with Gasteiger partial charge in [0.1, 0.15) is 0 Å². The van der Waals surface area contributed by atoms with Gasteiger partial charge < -0.3 is 10.2 Å². The third-order valence-electron chi connectivity index (χ3n) is 3.01. The summed E-state index contributed by atoms with van der Waals surface area (Å²) < 4.78 is 0. The van der Waals surface area contributed by atoms with Gasteiger partial charge in [-0.05, 0) is 38.9 Å². The number of hydrogen-bond donors (Lipinski definition) is 1. The fourth-order valence-corrected chi connectivity index (χ4v) is 2.00. The zero-order chi connectivity index (χ0) is 10.4. The van der Waals surface area contributed by atoms with Crippen LogP contribution in [-0.4, -0.2) is 37.6 Å². The average molecular weight is 195 g/mol. The highest BCUT2D eigenvalue weighted by Gasteiger charge is 2.19. The van der Waals surface area contributed by atoms with E-state index in [-0.39, 0.29) is 0 Å². The maximum Gasteiger partial charge on any atom is 0.0638 e. The van der Waals surface area contributed by atoms with Crippen molar-refractivity contribution in [2.75, 3.05) is 26.7 Å². The van der Waals surface area contributed by atoms with Crippen molar-refractivity contribution in [3.63, 3.8) is 0 Å². The van der Waals surface area contributed by atoms with Gasteiger partial charge in [-0.25, -0.2) is 0 Å².